The highest BCUT2D eigenvalue weighted by Crippen LogP contribution is 2.16. The number of allylic oxidation sites excluding steroid dienone is 6. The van der Waals surface area contributed by atoms with Gasteiger partial charge in [-0.2, -0.15) is 0 Å². The Bertz CT molecular complexity index is 847. The molecule has 1 unspecified atom stereocenters. The summed E-state index contributed by atoms with van der Waals surface area (Å²) in [6.45, 7) is 4.04. The van der Waals surface area contributed by atoms with Gasteiger partial charge in [-0.25, -0.2) is 0 Å². The molecule has 0 radical (unpaired) electrons. The summed E-state index contributed by atoms with van der Waals surface area (Å²) in [4.78, 5) is 24.3. The molecular weight excluding hydrogens is 657 g/mol. The van der Waals surface area contributed by atoms with Gasteiger partial charge in [-0.15, -0.1) is 0 Å². The number of carbonyl (C=O) groups is 2. The number of aliphatic hydroxyl groups is 1. The molecule has 53 heavy (non-hydrogen) atoms. The number of hydrogen-bond donors (Lipinski definition) is 1. The molecule has 1 N–H and O–H groups in total. The summed E-state index contributed by atoms with van der Waals surface area (Å²) in [5.74, 6) is -0.601. The van der Waals surface area contributed by atoms with E-state index < -0.39 is 6.10 Å². The van der Waals surface area contributed by atoms with Gasteiger partial charge in [-0.3, -0.25) is 9.59 Å². The number of rotatable bonds is 42. The summed E-state index contributed by atoms with van der Waals surface area (Å²) < 4.78 is 10.6. The Morgan fingerprint density at radius 3 is 1.23 bits per heavy atom. The summed E-state index contributed by atoms with van der Waals surface area (Å²) >= 11 is 0. The van der Waals surface area contributed by atoms with Crippen LogP contribution in [-0.2, 0) is 19.1 Å². The van der Waals surface area contributed by atoms with Gasteiger partial charge in [0.1, 0.15) is 6.61 Å². The van der Waals surface area contributed by atoms with Crippen LogP contribution in [0, 0.1) is 0 Å². The van der Waals surface area contributed by atoms with Gasteiger partial charge in [0.2, 0.25) is 0 Å². The second kappa shape index (κ2) is 44.5. The van der Waals surface area contributed by atoms with E-state index in [9.17, 15) is 14.7 Å². The Balaban J connectivity index is 3.47. The zero-order valence-corrected chi connectivity index (χ0v) is 35.3. The molecule has 310 valence electrons. The van der Waals surface area contributed by atoms with Crippen LogP contribution in [0.1, 0.15) is 239 Å². The summed E-state index contributed by atoms with van der Waals surface area (Å²) in [7, 11) is 0. The van der Waals surface area contributed by atoms with Crippen molar-refractivity contribution >= 4 is 11.9 Å². The number of hydrogen-bond acceptors (Lipinski definition) is 5. The molecule has 5 heteroatoms. The summed E-state index contributed by atoms with van der Waals surface area (Å²) in [5.41, 5.74) is 0. The lowest BCUT2D eigenvalue weighted by Crippen LogP contribution is -2.28. The number of carbonyl (C=O) groups excluding carboxylic acids is 2. The molecule has 0 fully saturated rings. The third-order valence-electron chi connectivity index (χ3n) is 10.2. The van der Waals surface area contributed by atoms with E-state index in [0.717, 1.165) is 70.6 Å². The van der Waals surface area contributed by atoms with Crippen molar-refractivity contribution in [3.05, 3.63) is 36.5 Å². The van der Waals surface area contributed by atoms with Crippen LogP contribution in [0.5, 0.6) is 0 Å². The van der Waals surface area contributed by atoms with Gasteiger partial charge in [-0.1, -0.05) is 217 Å². The molecule has 5 nitrogen and oxygen atoms in total. The fourth-order valence-corrected chi connectivity index (χ4v) is 6.75. The van der Waals surface area contributed by atoms with Crippen LogP contribution in [-0.4, -0.2) is 36.4 Å². The van der Waals surface area contributed by atoms with E-state index >= 15 is 0 Å². The van der Waals surface area contributed by atoms with Gasteiger partial charge in [0.15, 0.2) is 6.10 Å². The molecule has 0 spiro atoms. The van der Waals surface area contributed by atoms with Crippen molar-refractivity contribution in [2.45, 2.75) is 245 Å². The summed E-state index contributed by atoms with van der Waals surface area (Å²) in [5, 5.41) is 9.58. The molecule has 0 aromatic rings. The standard InChI is InChI=1S/C48H88O5/c1-3-5-7-9-11-13-15-17-19-20-21-22-23-24-25-26-27-29-30-32-34-36-38-40-42-47(50)52-45-46(44-49)53-48(51)43-41-39-37-35-33-31-28-18-16-14-12-10-8-6-4-2/h6,8,12,14,18,28,46,49H,3-5,7,9-11,13,15-17,19-27,29-45H2,1-2H3/b8-6-,14-12-,28-18-. The van der Waals surface area contributed by atoms with E-state index in [1.165, 1.54) is 141 Å². The lowest BCUT2D eigenvalue weighted by atomic mass is 10.0. The molecule has 0 rings (SSSR count). The van der Waals surface area contributed by atoms with Crippen LogP contribution in [0.2, 0.25) is 0 Å². The van der Waals surface area contributed by atoms with Crippen molar-refractivity contribution in [1.29, 1.82) is 0 Å². The van der Waals surface area contributed by atoms with E-state index in [2.05, 4.69) is 50.3 Å². The highest BCUT2D eigenvalue weighted by molar-refractivity contribution is 5.70. The molecule has 1 atom stereocenters. The van der Waals surface area contributed by atoms with Crippen LogP contribution in [0.3, 0.4) is 0 Å². The topological polar surface area (TPSA) is 72.8 Å². The zero-order chi connectivity index (χ0) is 38.6. The molecule has 0 heterocycles. The molecule has 0 bridgehead atoms. The minimum atomic E-state index is -0.778. The third kappa shape index (κ3) is 42.7. The second-order valence-electron chi connectivity index (χ2n) is 15.5. The molecule has 0 amide bonds. The minimum absolute atomic E-state index is 0.0698. The van der Waals surface area contributed by atoms with E-state index in [1.54, 1.807) is 0 Å². The predicted molar refractivity (Wildman–Crippen MR) is 228 cm³/mol. The van der Waals surface area contributed by atoms with Gasteiger partial charge in [0.05, 0.1) is 6.61 Å². The van der Waals surface area contributed by atoms with Crippen LogP contribution in [0.25, 0.3) is 0 Å². The van der Waals surface area contributed by atoms with Gasteiger partial charge >= 0.3 is 11.9 Å². The Hall–Kier alpha value is -1.88. The number of unbranched alkanes of at least 4 members (excludes halogenated alkanes) is 28. The molecule has 0 aliphatic rings. The maximum Gasteiger partial charge on any atom is 0.306 e. The monoisotopic (exact) mass is 745 g/mol. The number of aliphatic hydroxyl groups excluding tert-OH is 1. The number of esters is 2. The first-order valence-electron chi connectivity index (χ1n) is 23.0. The first kappa shape index (κ1) is 51.1. The average Bonchev–Trinajstić information content (AvgIpc) is 3.16. The maximum atomic E-state index is 12.2. The van der Waals surface area contributed by atoms with Gasteiger partial charge < -0.3 is 14.6 Å². The molecule has 0 saturated carbocycles. The van der Waals surface area contributed by atoms with Gasteiger partial charge in [-0.05, 0) is 44.9 Å². The Morgan fingerprint density at radius 2 is 0.811 bits per heavy atom. The van der Waals surface area contributed by atoms with E-state index in [0.29, 0.717) is 12.8 Å². The van der Waals surface area contributed by atoms with Crippen molar-refractivity contribution in [3.63, 3.8) is 0 Å². The molecule has 0 aliphatic heterocycles. The van der Waals surface area contributed by atoms with E-state index in [-0.39, 0.29) is 25.2 Å². The van der Waals surface area contributed by atoms with Crippen molar-refractivity contribution < 1.29 is 24.2 Å². The summed E-state index contributed by atoms with van der Waals surface area (Å²) in [6.07, 6.45) is 55.2. The Morgan fingerprint density at radius 1 is 0.453 bits per heavy atom. The lowest BCUT2D eigenvalue weighted by Gasteiger charge is -2.15. The van der Waals surface area contributed by atoms with Crippen molar-refractivity contribution in [1.82, 2.24) is 0 Å². The maximum absolute atomic E-state index is 12.2. The third-order valence-corrected chi connectivity index (χ3v) is 10.2. The zero-order valence-electron chi connectivity index (χ0n) is 35.3. The molecule has 0 aromatic carbocycles. The van der Waals surface area contributed by atoms with Crippen molar-refractivity contribution in [2.75, 3.05) is 13.2 Å². The van der Waals surface area contributed by atoms with Crippen LogP contribution in [0.4, 0.5) is 0 Å². The highest BCUT2D eigenvalue weighted by atomic mass is 16.6. The van der Waals surface area contributed by atoms with Crippen LogP contribution < -0.4 is 0 Å². The van der Waals surface area contributed by atoms with Gasteiger partial charge in [0.25, 0.3) is 0 Å². The SMILES string of the molecule is CC/C=C\C/C=C\C/C=C\CCCCCCCC(=O)OC(CO)COC(=O)CCCCCCCCCCCCCCCCCCCCCCCCCC. The average molecular weight is 745 g/mol. The normalized spacial score (nSPS) is 12.4. The fourth-order valence-electron chi connectivity index (χ4n) is 6.75. The summed E-state index contributed by atoms with van der Waals surface area (Å²) in [6, 6.07) is 0. The molecule has 0 saturated heterocycles. The predicted octanol–water partition coefficient (Wildman–Crippen LogP) is 14.8. The minimum Gasteiger partial charge on any atom is -0.462 e. The lowest BCUT2D eigenvalue weighted by molar-refractivity contribution is -0.161. The van der Waals surface area contributed by atoms with Crippen molar-refractivity contribution in [2.24, 2.45) is 0 Å². The smallest absolute Gasteiger partial charge is 0.306 e. The van der Waals surface area contributed by atoms with Gasteiger partial charge in [0, 0.05) is 12.8 Å². The van der Waals surface area contributed by atoms with E-state index in [1.807, 2.05) is 0 Å². The van der Waals surface area contributed by atoms with E-state index in [4.69, 9.17) is 9.47 Å². The number of ether oxygens (including phenoxy) is 2. The molecular formula is C48H88O5. The van der Waals surface area contributed by atoms with Crippen molar-refractivity contribution in [3.8, 4) is 0 Å². The Kier molecular flexibility index (Phi) is 42.9. The largest absolute Gasteiger partial charge is 0.462 e. The first-order valence-corrected chi connectivity index (χ1v) is 23.0. The molecule has 0 aliphatic carbocycles. The Labute approximate surface area is 329 Å². The van der Waals surface area contributed by atoms with Crippen LogP contribution >= 0.6 is 0 Å². The fraction of sp³-hybridized carbons (Fsp3) is 0.833. The second-order valence-corrected chi connectivity index (χ2v) is 15.5. The first-order chi connectivity index (χ1) is 26.1. The quantitative estimate of drug-likeness (QED) is 0.0383. The molecule has 0 aromatic heterocycles. The van der Waals surface area contributed by atoms with Crippen LogP contribution in [0.15, 0.2) is 36.5 Å². The highest BCUT2D eigenvalue weighted by Gasteiger charge is 2.16.